The highest BCUT2D eigenvalue weighted by atomic mass is 19.3. The van der Waals surface area contributed by atoms with Gasteiger partial charge in [0.05, 0.1) is 17.7 Å². The summed E-state index contributed by atoms with van der Waals surface area (Å²) < 4.78 is 28.4. The molecule has 0 spiro atoms. The summed E-state index contributed by atoms with van der Waals surface area (Å²) in [5.41, 5.74) is 2.18. The first-order valence-electron chi connectivity index (χ1n) is 12.1. The quantitative estimate of drug-likeness (QED) is 0.409. The summed E-state index contributed by atoms with van der Waals surface area (Å²) in [5, 5.41) is 19.6. The molecule has 1 saturated heterocycles. The van der Waals surface area contributed by atoms with Crippen LogP contribution in [0, 0.1) is 5.92 Å². The minimum atomic E-state index is -3.43. The first-order chi connectivity index (χ1) is 16.7. The molecule has 1 amide bonds. The first-order valence-corrected chi connectivity index (χ1v) is 12.1. The molecule has 0 radical (unpaired) electrons. The van der Waals surface area contributed by atoms with E-state index in [1.165, 1.54) is 28.7 Å². The molecule has 1 aliphatic rings. The van der Waals surface area contributed by atoms with Gasteiger partial charge in [0.15, 0.2) is 0 Å². The van der Waals surface area contributed by atoms with E-state index in [9.17, 15) is 23.5 Å². The Morgan fingerprint density at radius 1 is 1.11 bits per heavy atom. The van der Waals surface area contributed by atoms with Gasteiger partial charge in [0.1, 0.15) is 0 Å². The molecule has 1 aliphatic heterocycles. The number of carboxylic acids is 1. The van der Waals surface area contributed by atoms with Gasteiger partial charge in [-0.3, -0.25) is 4.79 Å². The number of carboxylic acid groups (broad SMARTS) is 1. The van der Waals surface area contributed by atoms with Gasteiger partial charge >= 0.3 is 11.9 Å². The largest absolute Gasteiger partial charge is 0.478 e. The van der Waals surface area contributed by atoms with E-state index < -0.39 is 36.4 Å². The lowest BCUT2D eigenvalue weighted by molar-refractivity contribution is -0.148. The third-order valence-corrected chi connectivity index (χ3v) is 6.56. The summed E-state index contributed by atoms with van der Waals surface area (Å²) in [6.45, 7) is 2.06. The second-order valence-corrected chi connectivity index (χ2v) is 9.31. The van der Waals surface area contributed by atoms with Crippen LogP contribution in [0.15, 0.2) is 66.7 Å². The number of benzene rings is 2. The van der Waals surface area contributed by atoms with Gasteiger partial charge < -0.3 is 15.1 Å². The third-order valence-electron chi connectivity index (χ3n) is 6.56. The van der Waals surface area contributed by atoms with Crippen LogP contribution < -0.4 is 0 Å². The Labute approximate surface area is 205 Å². The predicted octanol–water partition coefficient (Wildman–Crippen LogP) is 5.13. The molecule has 0 bridgehead atoms. The molecule has 1 heterocycles. The summed E-state index contributed by atoms with van der Waals surface area (Å²) in [5.74, 6) is -5.69. The third kappa shape index (κ3) is 7.46. The number of amides is 1. The van der Waals surface area contributed by atoms with Gasteiger partial charge in [0, 0.05) is 13.0 Å². The Balaban J connectivity index is 1.53. The number of aliphatic hydroxyl groups is 1. The highest BCUT2D eigenvalue weighted by Gasteiger charge is 2.52. The Morgan fingerprint density at radius 2 is 1.80 bits per heavy atom. The van der Waals surface area contributed by atoms with Crippen LogP contribution in [0.1, 0.15) is 54.1 Å². The smallest absolute Gasteiger partial charge is 0.335 e. The number of carbonyl (C=O) groups is 2. The number of alkyl halides is 2. The molecule has 2 aromatic carbocycles. The minimum Gasteiger partial charge on any atom is -0.478 e. The highest BCUT2D eigenvalue weighted by molar-refractivity contribution is 5.87. The number of nitrogens with zero attached hydrogens (tertiary/aromatic N) is 1. The van der Waals surface area contributed by atoms with Crippen LogP contribution in [-0.4, -0.2) is 51.6 Å². The second kappa shape index (κ2) is 12.1. The molecule has 0 aliphatic carbocycles. The summed E-state index contributed by atoms with van der Waals surface area (Å²) in [7, 11) is 0. The van der Waals surface area contributed by atoms with Crippen LogP contribution >= 0.6 is 0 Å². The maximum atomic E-state index is 14.2. The fourth-order valence-corrected chi connectivity index (χ4v) is 4.45. The highest BCUT2D eigenvalue weighted by Crippen LogP contribution is 2.34. The van der Waals surface area contributed by atoms with E-state index in [2.05, 4.69) is 12.1 Å². The number of likely N-dealkylation sites (tertiary alicyclic amines) is 1. The standard InChI is InChI=1S/C28H33F2NO4/c1-20(8-5-11-21-9-3-2-4-10-21)25(32)16-15-24-19-28(29,30)27(35)31(24)17-7-13-22-12-6-14-23(18-22)26(33)34/h2-4,6,9-10,12,14-16,18,20,24-25,32H,5,7-8,11,13,17,19H2,1H3,(H,33,34)/t20-,24-,25-/m0/s1. The number of rotatable bonds is 12. The summed E-state index contributed by atoms with van der Waals surface area (Å²) in [4.78, 5) is 24.6. The van der Waals surface area contributed by atoms with Crippen LogP contribution in [0.5, 0.6) is 0 Å². The number of aliphatic hydroxyl groups excluding tert-OH is 1. The van der Waals surface area contributed by atoms with Gasteiger partial charge in [-0.15, -0.1) is 0 Å². The zero-order chi connectivity index (χ0) is 25.4. The van der Waals surface area contributed by atoms with E-state index in [0.717, 1.165) is 24.8 Å². The van der Waals surface area contributed by atoms with Gasteiger partial charge in [0.2, 0.25) is 0 Å². The molecule has 1 fully saturated rings. The van der Waals surface area contributed by atoms with Crippen molar-refractivity contribution in [2.24, 2.45) is 5.92 Å². The van der Waals surface area contributed by atoms with Crippen molar-refractivity contribution in [1.29, 1.82) is 0 Å². The van der Waals surface area contributed by atoms with Crippen LogP contribution in [0.25, 0.3) is 0 Å². The van der Waals surface area contributed by atoms with Crippen LogP contribution in [0.4, 0.5) is 8.78 Å². The summed E-state index contributed by atoms with van der Waals surface area (Å²) in [6.07, 6.45) is 5.18. The SMILES string of the molecule is C[C@@H](CCCc1ccccc1)[C@@H](O)C=C[C@H]1CC(F)(F)C(=O)N1CCCc1cccc(C(=O)O)c1. The molecule has 7 heteroatoms. The van der Waals surface area contributed by atoms with Crippen molar-refractivity contribution in [1.82, 2.24) is 4.90 Å². The van der Waals surface area contributed by atoms with E-state index >= 15 is 0 Å². The van der Waals surface area contributed by atoms with Crippen molar-refractivity contribution >= 4 is 11.9 Å². The van der Waals surface area contributed by atoms with Crippen LogP contribution in [-0.2, 0) is 17.6 Å². The molecule has 3 rings (SSSR count). The zero-order valence-electron chi connectivity index (χ0n) is 19.9. The summed E-state index contributed by atoms with van der Waals surface area (Å²) >= 11 is 0. The lowest BCUT2D eigenvalue weighted by atomic mass is 9.95. The average molecular weight is 486 g/mol. The molecule has 5 nitrogen and oxygen atoms in total. The fourth-order valence-electron chi connectivity index (χ4n) is 4.45. The van der Waals surface area contributed by atoms with Crippen LogP contribution in [0.3, 0.4) is 0 Å². The molecule has 0 saturated carbocycles. The topological polar surface area (TPSA) is 77.8 Å². The zero-order valence-corrected chi connectivity index (χ0v) is 19.9. The number of halogens is 2. The number of aromatic carboxylic acids is 1. The molecule has 35 heavy (non-hydrogen) atoms. The molecular weight excluding hydrogens is 452 g/mol. The first kappa shape index (κ1) is 26.5. The molecule has 2 aromatic rings. The molecule has 0 aromatic heterocycles. The molecule has 188 valence electrons. The van der Waals surface area contributed by atoms with Crippen molar-refractivity contribution in [3.63, 3.8) is 0 Å². The number of carbonyl (C=O) groups excluding carboxylic acids is 1. The molecule has 3 atom stereocenters. The number of hydrogen-bond acceptors (Lipinski definition) is 3. The molecule has 0 unspecified atom stereocenters. The van der Waals surface area contributed by atoms with Gasteiger partial charge in [-0.1, -0.05) is 61.5 Å². The van der Waals surface area contributed by atoms with Crippen molar-refractivity contribution in [3.8, 4) is 0 Å². The Hall–Kier alpha value is -3.06. The van der Waals surface area contributed by atoms with Crippen molar-refractivity contribution in [2.75, 3.05) is 6.54 Å². The lowest BCUT2D eigenvalue weighted by Gasteiger charge is -2.22. The maximum Gasteiger partial charge on any atom is 0.335 e. The van der Waals surface area contributed by atoms with Gasteiger partial charge in [-0.2, -0.15) is 8.78 Å². The van der Waals surface area contributed by atoms with E-state index in [1.807, 2.05) is 25.1 Å². The van der Waals surface area contributed by atoms with Gasteiger partial charge in [0.25, 0.3) is 5.91 Å². The minimum absolute atomic E-state index is 0.0393. The Bertz CT molecular complexity index is 1020. The van der Waals surface area contributed by atoms with E-state index in [0.29, 0.717) is 12.8 Å². The second-order valence-electron chi connectivity index (χ2n) is 9.31. The number of aryl methyl sites for hydroxylation is 2. The average Bonchev–Trinajstić information content (AvgIpc) is 3.06. The van der Waals surface area contributed by atoms with Gasteiger partial charge in [-0.05, 0) is 61.3 Å². The fraction of sp³-hybridized carbons (Fsp3) is 0.429. The van der Waals surface area contributed by atoms with Crippen molar-refractivity contribution in [2.45, 2.75) is 63.5 Å². The van der Waals surface area contributed by atoms with E-state index in [4.69, 9.17) is 5.11 Å². The molecular formula is C28H33F2NO4. The van der Waals surface area contributed by atoms with Crippen molar-refractivity contribution in [3.05, 3.63) is 83.4 Å². The number of hydrogen-bond donors (Lipinski definition) is 2. The van der Waals surface area contributed by atoms with Crippen molar-refractivity contribution < 1.29 is 28.6 Å². The lowest BCUT2D eigenvalue weighted by Crippen LogP contribution is -2.37. The summed E-state index contributed by atoms with van der Waals surface area (Å²) in [6, 6.07) is 15.8. The van der Waals surface area contributed by atoms with Crippen LogP contribution in [0.2, 0.25) is 0 Å². The monoisotopic (exact) mass is 485 g/mol. The van der Waals surface area contributed by atoms with E-state index in [1.54, 1.807) is 18.2 Å². The predicted molar refractivity (Wildman–Crippen MR) is 130 cm³/mol. The Morgan fingerprint density at radius 3 is 2.51 bits per heavy atom. The normalized spacial score (nSPS) is 19.3. The maximum absolute atomic E-state index is 14.2. The molecule has 2 N–H and O–H groups in total. The Kier molecular flexibility index (Phi) is 9.15. The van der Waals surface area contributed by atoms with E-state index in [-0.39, 0.29) is 18.0 Å². The van der Waals surface area contributed by atoms with Gasteiger partial charge in [-0.25, -0.2) is 4.79 Å².